The van der Waals surface area contributed by atoms with Crippen molar-refractivity contribution in [2.24, 2.45) is 0 Å². The van der Waals surface area contributed by atoms with Crippen LogP contribution in [0.4, 0.5) is 4.39 Å². The van der Waals surface area contributed by atoms with Gasteiger partial charge in [0.05, 0.1) is 12.1 Å². The van der Waals surface area contributed by atoms with Gasteiger partial charge in [-0.25, -0.2) is 9.37 Å². The predicted octanol–water partition coefficient (Wildman–Crippen LogP) is 1.39. The highest BCUT2D eigenvalue weighted by Crippen LogP contribution is 2.11. The van der Waals surface area contributed by atoms with E-state index < -0.39 is 5.82 Å². The molecule has 1 aromatic carbocycles. The molecule has 4 nitrogen and oxygen atoms in total. The summed E-state index contributed by atoms with van der Waals surface area (Å²) in [5.41, 5.74) is 1.47. The fourth-order valence-electron chi connectivity index (χ4n) is 2.04. The molecule has 0 aliphatic rings. The van der Waals surface area contributed by atoms with Gasteiger partial charge in [0, 0.05) is 11.8 Å². The van der Waals surface area contributed by atoms with Crippen LogP contribution in [0, 0.1) is 31.5 Å². The Kier molecular flexibility index (Phi) is 4.51. The van der Waals surface area contributed by atoms with Gasteiger partial charge in [0.1, 0.15) is 18.2 Å². The summed E-state index contributed by atoms with van der Waals surface area (Å²) in [6, 6.07) is 5.94. The van der Waals surface area contributed by atoms with Crippen LogP contribution < -0.4 is 5.56 Å². The zero-order chi connectivity index (χ0) is 15.4. The lowest BCUT2D eigenvalue weighted by atomic mass is 10.1. The first-order valence-electron chi connectivity index (χ1n) is 6.44. The first kappa shape index (κ1) is 14.9. The molecular formula is C16H15FN2O2. The van der Waals surface area contributed by atoms with Crippen LogP contribution in [-0.4, -0.2) is 21.3 Å². The highest BCUT2D eigenvalue weighted by molar-refractivity contribution is 5.38. The Balaban J connectivity index is 2.39. The molecule has 2 rings (SSSR count). The molecule has 21 heavy (non-hydrogen) atoms. The van der Waals surface area contributed by atoms with Crippen LogP contribution in [0.3, 0.4) is 0 Å². The second-order valence-corrected chi connectivity index (χ2v) is 4.64. The molecule has 1 N–H and O–H groups in total. The minimum absolute atomic E-state index is 0.146. The molecule has 0 aliphatic carbocycles. The SMILES string of the molecule is Cc1cc(=O)n(Cc2ccc(F)c(C#CCO)c2)c(C)n1. The molecule has 0 atom stereocenters. The van der Waals surface area contributed by atoms with E-state index in [1.54, 1.807) is 26.0 Å². The van der Waals surface area contributed by atoms with Crippen molar-refractivity contribution >= 4 is 0 Å². The number of aliphatic hydroxyl groups is 1. The molecule has 5 heteroatoms. The van der Waals surface area contributed by atoms with Crippen molar-refractivity contribution in [3.63, 3.8) is 0 Å². The number of aliphatic hydroxyl groups excluding tert-OH is 1. The van der Waals surface area contributed by atoms with Crippen molar-refractivity contribution in [3.8, 4) is 11.8 Å². The van der Waals surface area contributed by atoms with Crippen LogP contribution in [0.25, 0.3) is 0 Å². The molecule has 0 saturated carbocycles. The van der Waals surface area contributed by atoms with Gasteiger partial charge in [-0.1, -0.05) is 17.9 Å². The molecule has 1 aromatic heterocycles. The third-order valence-electron chi connectivity index (χ3n) is 3.00. The fourth-order valence-corrected chi connectivity index (χ4v) is 2.04. The van der Waals surface area contributed by atoms with Crippen LogP contribution in [0.5, 0.6) is 0 Å². The summed E-state index contributed by atoms with van der Waals surface area (Å²) < 4.78 is 15.1. The Hall–Kier alpha value is -2.45. The van der Waals surface area contributed by atoms with Gasteiger partial charge in [-0.3, -0.25) is 9.36 Å². The molecule has 0 unspecified atom stereocenters. The minimum atomic E-state index is -0.453. The fraction of sp³-hybridized carbons (Fsp3) is 0.250. The maximum atomic E-state index is 13.6. The summed E-state index contributed by atoms with van der Waals surface area (Å²) >= 11 is 0. The quantitative estimate of drug-likeness (QED) is 0.849. The Morgan fingerprint density at radius 1 is 1.33 bits per heavy atom. The first-order chi connectivity index (χ1) is 10.0. The van der Waals surface area contributed by atoms with Crippen LogP contribution in [-0.2, 0) is 6.54 Å². The third kappa shape index (κ3) is 3.56. The van der Waals surface area contributed by atoms with Crippen molar-refractivity contribution in [1.29, 1.82) is 0 Å². The number of aromatic nitrogens is 2. The van der Waals surface area contributed by atoms with Gasteiger partial charge in [-0.15, -0.1) is 0 Å². The zero-order valence-electron chi connectivity index (χ0n) is 11.9. The minimum Gasteiger partial charge on any atom is -0.384 e. The van der Waals surface area contributed by atoms with Crippen LogP contribution in [0.1, 0.15) is 22.6 Å². The van der Waals surface area contributed by atoms with Crippen LogP contribution in [0.2, 0.25) is 0 Å². The second kappa shape index (κ2) is 6.33. The highest BCUT2D eigenvalue weighted by atomic mass is 19.1. The summed E-state index contributed by atoms with van der Waals surface area (Å²) in [5, 5.41) is 8.67. The van der Waals surface area contributed by atoms with Gasteiger partial charge in [0.2, 0.25) is 0 Å². The van der Waals surface area contributed by atoms with Crippen LogP contribution in [0.15, 0.2) is 29.1 Å². The lowest BCUT2D eigenvalue weighted by molar-refractivity contribution is 0.350. The average Bonchev–Trinajstić information content (AvgIpc) is 2.43. The largest absolute Gasteiger partial charge is 0.384 e. The van der Waals surface area contributed by atoms with Gasteiger partial charge < -0.3 is 5.11 Å². The van der Waals surface area contributed by atoms with E-state index in [4.69, 9.17) is 5.11 Å². The van der Waals surface area contributed by atoms with E-state index >= 15 is 0 Å². The maximum Gasteiger partial charge on any atom is 0.254 e. The Morgan fingerprint density at radius 2 is 2.10 bits per heavy atom. The number of rotatable bonds is 2. The molecule has 108 valence electrons. The topological polar surface area (TPSA) is 55.1 Å². The van der Waals surface area contributed by atoms with Crippen molar-refractivity contribution in [3.05, 3.63) is 63.1 Å². The molecule has 0 bridgehead atoms. The molecule has 0 saturated heterocycles. The van der Waals surface area contributed by atoms with Crippen molar-refractivity contribution in [2.75, 3.05) is 6.61 Å². The zero-order valence-corrected chi connectivity index (χ0v) is 11.9. The Morgan fingerprint density at radius 3 is 2.76 bits per heavy atom. The second-order valence-electron chi connectivity index (χ2n) is 4.64. The molecule has 0 radical (unpaired) electrons. The van der Waals surface area contributed by atoms with Crippen molar-refractivity contribution in [1.82, 2.24) is 9.55 Å². The lowest BCUT2D eigenvalue weighted by Gasteiger charge is -2.10. The van der Waals surface area contributed by atoms with E-state index in [1.165, 1.54) is 16.7 Å². The monoisotopic (exact) mass is 286 g/mol. The van der Waals surface area contributed by atoms with Gasteiger partial charge in [0.25, 0.3) is 5.56 Å². The molecule has 1 heterocycles. The number of hydrogen-bond acceptors (Lipinski definition) is 3. The molecule has 0 aliphatic heterocycles. The summed E-state index contributed by atoms with van der Waals surface area (Å²) in [6.07, 6.45) is 0. The number of halogens is 1. The summed E-state index contributed by atoms with van der Waals surface area (Å²) in [6.45, 7) is 3.49. The standard InChI is InChI=1S/C16H15FN2O2/c1-11-8-16(21)19(12(2)18-11)10-13-5-6-15(17)14(9-13)4-3-7-20/h5-6,8-9,20H,7,10H2,1-2H3. The van der Waals surface area contributed by atoms with Gasteiger partial charge in [0.15, 0.2) is 0 Å². The third-order valence-corrected chi connectivity index (χ3v) is 3.00. The van der Waals surface area contributed by atoms with E-state index in [-0.39, 0.29) is 17.7 Å². The highest BCUT2D eigenvalue weighted by Gasteiger charge is 2.06. The van der Waals surface area contributed by atoms with E-state index in [0.29, 0.717) is 18.1 Å². The van der Waals surface area contributed by atoms with Gasteiger partial charge in [-0.2, -0.15) is 0 Å². The maximum absolute atomic E-state index is 13.6. The van der Waals surface area contributed by atoms with E-state index in [9.17, 15) is 9.18 Å². The smallest absolute Gasteiger partial charge is 0.254 e. The van der Waals surface area contributed by atoms with E-state index in [2.05, 4.69) is 16.8 Å². The lowest BCUT2D eigenvalue weighted by Crippen LogP contribution is -2.24. The van der Waals surface area contributed by atoms with Crippen molar-refractivity contribution < 1.29 is 9.50 Å². The van der Waals surface area contributed by atoms with Gasteiger partial charge in [-0.05, 0) is 31.5 Å². The number of benzene rings is 1. The Labute approximate surface area is 121 Å². The predicted molar refractivity (Wildman–Crippen MR) is 77.4 cm³/mol. The Bertz CT molecular complexity index is 785. The first-order valence-corrected chi connectivity index (χ1v) is 6.44. The summed E-state index contributed by atoms with van der Waals surface area (Å²) in [7, 11) is 0. The molecule has 0 fully saturated rings. The van der Waals surface area contributed by atoms with E-state index in [0.717, 1.165) is 5.56 Å². The summed E-state index contributed by atoms with van der Waals surface area (Å²) in [4.78, 5) is 16.2. The number of nitrogens with zero attached hydrogens (tertiary/aromatic N) is 2. The average molecular weight is 286 g/mol. The van der Waals surface area contributed by atoms with E-state index in [1.807, 2.05) is 0 Å². The molecule has 0 amide bonds. The normalized spacial score (nSPS) is 10.1. The molecule has 0 spiro atoms. The number of aryl methyl sites for hydroxylation is 2. The van der Waals surface area contributed by atoms with Crippen LogP contribution >= 0.6 is 0 Å². The number of hydrogen-bond donors (Lipinski definition) is 1. The molecular weight excluding hydrogens is 271 g/mol. The van der Waals surface area contributed by atoms with Gasteiger partial charge >= 0.3 is 0 Å². The summed E-state index contributed by atoms with van der Waals surface area (Å²) in [5.74, 6) is 5.11. The van der Waals surface area contributed by atoms with Crippen molar-refractivity contribution in [2.45, 2.75) is 20.4 Å². The molecule has 2 aromatic rings.